The third kappa shape index (κ3) is 4.44. The maximum atomic E-state index is 12.2. The van der Waals surface area contributed by atoms with Gasteiger partial charge in [0.05, 0.1) is 16.7 Å². The SMILES string of the molecule is CCN(CC)c1ccc(/C=N\NC(=O)c2cccc([N+](=O)[O-])c2C)cc1. The fourth-order valence-electron chi connectivity index (χ4n) is 2.65. The molecule has 0 atom stereocenters. The van der Waals surface area contributed by atoms with Crippen molar-refractivity contribution in [3.05, 3.63) is 69.3 Å². The van der Waals surface area contributed by atoms with Crippen LogP contribution >= 0.6 is 0 Å². The Morgan fingerprint density at radius 2 is 1.85 bits per heavy atom. The smallest absolute Gasteiger partial charge is 0.273 e. The molecule has 0 fully saturated rings. The van der Waals surface area contributed by atoms with Gasteiger partial charge in [-0.1, -0.05) is 18.2 Å². The first kappa shape index (κ1) is 19.1. The first-order valence-electron chi connectivity index (χ1n) is 8.40. The first-order valence-corrected chi connectivity index (χ1v) is 8.40. The van der Waals surface area contributed by atoms with Crippen LogP contribution in [0.1, 0.15) is 35.3 Å². The van der Waals surface area contributed by atoms with Crippen LogP contribution in [-0.2, 0) is 0 Å². The van der Waals surface area contributed by atoms with Gasteiger partial charge in [-0.15, -0.1) is 0 Å². The predicted molar refractivity (Wildman–Crippen MR) is 103 cm³/mol. The van der Waals surface area contributed by atoms with Gasteiger partial charge in [0, 0.05) is 30.4 Å². The lowest BCUT2D eigenvalue weighted by Crippen LogP contribution is -2.21. The lowest BCUT2D eigenvalue weighted by atomic mass is 10.1. The van der Waals surface area contributed by atoms with E-state index in [9.17, 15) is 14.9 Å². The summed E-state index contributed by atoms with van der Waals surface area (Å²) < 4.78 is 0. The van der Waals surface area contributed by atoms with Gasteiger partial charge in [-0.2, -0.15) is 5.10 Å². The average Bonchev–Trinajstić information content (AvgIpc) is 2.63. The summed E-state index contributed by atoms with van der Waals surface area (Å²) in [7, 11) is 0. The maximum absolute atomic E-state index is 12.2. The number of rotatable bonds is 7. The highest BCUT2D eigenvalue weighted by atomic mass is 16.6. The van der Waals surface area contributed by atoms with Crippen molar-refractivity contribution in [1.82, 2.24) is 5.43 Å². The molecule has 2 rings (SSSR count). The van der Waals surface area contributed by atoms with Crippen LogP contribution in [0, 0.1) is 17.0 Å². The Balaban J connectivity index is 2.05. The van der Waals surface area contributed by atoms with E-state index in [1.807, 2.05) is 24.3 Å². The summed E-state index contributed by atoms with van der Waals surface area (Å²) in [6.45, 7) is 7.61. The van der Waals surface area contributed by atoms with Gasteiger partial charge < -0.3 is 4.90 Å². The second-order valence-electron chi connectivity index (χ2n) is 5.67. The molecule has 0 unspecified atom stereocenters. The van der Waals surface area contributed by atoms with E-state index in [2.05, 4.69) is 29.3 Å². The molecule has 0 saturated heterocycles. The summed E-state index contributed by atoms with van der Waals surface area (Å²) >= 11 is 0. The number of nitro benzene ring substituents is 1. The third-order valence-corrected chi connectivity index (χ3v) is 4.15. The normalized spacial score (nSPS) is 10.7. The topological polar surface area (TPSA) is 87.8 Å². The van der Waals surface area contributed by atoms with Crippen molar-refractivity contribution in [2.45, 2.75) is 20.8 Å². The quantitative estimate of drug-likeness (QED) is 0.468. The number of carbonyl (C=O) groups excluding carboxylic acids is 1. The van der Waals surface area contributed by atoms with Gasteiger partial charge in [0.2, 0.25) is 0 Å². The number of anilines is 1. The summed E-state index contributed by atoms with van der Waals surface area (Å²) in [5.74, 6) is -0.484. The van der Waals surface area contributed by atoms with E-state index in [0.29, 0.717) is 5.56 Å². The Hall–Kier alpha value is -3.22. The molecule has 26 heavy (non-hydrogen) atoms. The van der Waals surface area contributed by atoms with Gasteiger partial charge in [-0.05, 0) is 44.5 Å². The van der Waals surface area contributed by atoms with E-state index in [1.165, 1.54) is 24.4 Å². The molecule has 136 valence electrons. The summed E-state index contributed by atoms with van der Waals surface area (Å²) in [4.78, 5) is 24.9. The average molecular weight is 354 g/mol. The molecule has 0 radical (unpaired) electrons. The molecule has 0 aromatic heterocycles. The fraction of sp³-hybridized carbons (Fsp3) is 0.263. The minimum atomic E-state index is -0.507. The Morgan fingerprint density at radius 1 is 1.19 bits per heavy atom. The third-order valence-electron chi connectivity index (χ3n) is 4.15. The predicted octanol–water partition coefficient (Wildman–Crippen LogP) is 3.51. The molecule has 0 saturated carbocycles. The van der Waals surface area contributed by atoms with E-state index >= 15 is 0 Å². The van der Waals surface area contributed by atoms with Crippen molar-refractivity contribution in [3.8, 4) is 0 Å². The van der Waals surface area contributed by atoms with E-state index in [0.717, 1.165) is 24.3 Å². The molecule has 2 aromatic carbocycles. The summed E-state index contributed by atoms with van der Waals surface area (Å²) in [6, 6.07) is 12.2. The van der Waals surface area contributed by atoms with Gasteiger partial charge in [0.25, 0.3) is 11.6 Å². The Bertz CT molecular complexity index is 812. The van der Waals surface area contributed by atoms with E-state index < -0.39 is 10.8 Å². The van der Waals surface area contributed by atoms with Crippen LogP contribution in [0.5, 0.6) is 0 Å². The van der Waals surface area contributed by atoms with Crippen LogP contribution in [-0.4, -0.2) is 30.1 Å². The van der Waals surface area contributed by atoms with Crippen molar-refractivity contribution < 1.29 is 9.72 Å². The summed E-state index contributed by atoms with van der Waals surface area (Å²) in [5, 5.41) is 14.9. The molecule has 7 heteroatoms. The monoisotopic (exact) mass is 354 g/mol. The molecule has 0 aliphatic carbocycles. The second-order valence-corrected chi connectivity index (χ2v) is 5.67. The number of carbonyl (C=O) groups is 1. The molecular weight excluding hydrogens is 332 g/mol. The Kier molecular flexibility index (Phi) is 6.43. The molecule has 1 amide bonds. The molecule has 2 aromatic rings. The number of nitro groups is 1. The fourth-order valence-corrected chi connectivity index (χ4v) is 2.65. The van der Waals surface area contributed by atoms with Gasteiger partial charge in [0.1, 0.15) is 0 Å². The van der Waals surface area contributed by atoms with Crippen LogP contribution in [0.4, 0.5) is 11.4 Å². The van der Waals surface area contributed by atoms with Crippen molar-refractivity contribution in [1.29, 1.82) is 0 Å². The zero-order chi connectivity index (χ0) is 19.1. The minimum Gasteiger partial charge on any atom is -0.372 e. The molecule has 0 spiro atoms. The molecule has 0 aliphatic rings. The molecule has 0 heterocycles. The standard InChI is InChI=1S/C19H22N4O3/c1-4-22(5-2)16-11-9-15(10-12-16)13-20-21-19(24)17-7-6-8-18(14(17)3)23(25)26/h6-13H,4-5H2,1-3H3,(H,21,24)/b20-13-. The van der Waals surface area contributed by atoms with Crippen molar-refractivity contribution in [3.63, 3.8) is 0 Å². The van der Waals surface area contributed by atoms with Crippen molar-refractivity contribution in [2.24, 2.45) is 5.10 Å². The van der Waals surface area contributed by atoms with Crippen LogP contribution < -0.4 is 10.3 Å². The van der Waals surface area contributed by atoms with Crippen molar-refractivity contribution >= 4 is 23.5 Å². The zero-order valence-corrected chi connectivity index (χ0v) is 15.1. The number of benzene rings is 2. The number of hydrogen-bond donors (Lipinski definition) is 1. The second kappa shape index (κ2) is 8.75. The van der Waals surface area contributed by atoms with E-state index in [1.54, 1.807) is 6.92 Å². The van der Waals surface area contributed by atoms with Crippen LogP contribution in [0.15, 0.2) is 47.6 Å². The Morgan fingerprint density at radius 3 is 2.42 bits per heavy atom. The number of nitrogens with one attached hydrogen (secondary N) is 1. The van der Waals surface area contributed by atoms with Gasteiger partial charge >= 0.3 is 0 Å². The van der Waals surface area contributed by atoms with E-state index in [-0.39, 0.29) is 11.3 Å². The van der Waals surface area contributed by atoms with Crippen LogP contribution in [0.2, 0.25) is 0 Å². The largest absolute Gasteiger partial charge is 0.372 e. The molecule has 1 N–H and O–H groups in total. The van der Waals surface area contributed by atoms with E-state index in [4.69, 9.17) is 0 Å². The Labute approximate surface area is 152 Å². The highest BCUT2D eigenvalue weighted by Crippen LogP contribution is 2.21. The lowest BCUT2D eigenvalue weighted by Gasteiger charge is -2.20. The summed E-state index contributed by atoms with van der Waals surface area (Å²) in [5.41, 5.74) is 4.84. The first-order chi connectivity index (χ1) is 12.5. The number of nitrogens with zero attached hydrogens (tertiary/aromatic N) is 3. The molecule has 0 aliphatic heterocycles. The number of hydrogen-bond acceptors (Lipinski definition) is 5. The zero-order valence-electron chi connectivity index (χ0n) is 15.1. The summed E-state index contributed by atoms with van der Waals surface area (Å²) in [6.07, 6.45) is 1.54. The number of amides is 1. The minimum absolute atomic E-state index is 0.0892. The highest BCUT2D eigenvalue weighted by Gasteiger charge is 2.17. The van der Waals surface area contributed by atoms with Crippen LogP contribution in [0.3, 0.4) is 0 Å². The van der Waals surface area contributed by atoms with Gasteiger partial charge in [-0.25, -0.2) is 5.43 Å². The van der Waals surface area contributed by atoms with Gasteiger partial charge in [0.15, 0.2) is 0 Å². The molecular formula is C19H22N4O3. The lowest BCUT2D eigenvalue weighted by molar-refractivity contribution is -0.385. The number of hydrazone groups is 1. The molecule has 7 nitrogen and oxygen atoms in total. The maximum Gasteiger partial charge on any atom is 0.273 e. The van der Waals surface area contributed by atoms with Gasteiger partial charge in [-0.3, -0.25) is 14.9 Å². The molecule has 0 bridgehead atoms. The van der Waals surface area contributed by atoms with Crippen LogP contribution in [0.25, 0.3) is 0 Å². The van der Waals surface area contributed by atoms with Crippen molar-refractivity contribution in [2.75, 3.05) is 18.0 Å². The highest BCUT2D eigenvalue weighted by molar-refractivity contribution is 5.97.